The number of carboxylic acids is 1. The van der Waals surface area contributed by atoms with Crippen LogP contribution in [-0.2, 0) is 38.1 Å². The molecule has 2 spiro atoms. The summed E-state index contributed by atoms with van der Waals surface area (Å²) >= 11 is 0. The number of carbonyl (C=O) groups is 3. The van der Waals surface area contributed by atoms with Crippen molar-refractivity contribution in [2.24, 2.45) is 35.3 Å². The van der Waals surface area contributed by atoms with Gasteiger partial charge in [0.1, 0.15) is 48.6 Å². The Balaban J connectivity index is 1.16. The van der Waals surface area contributed by atoms with E-state index in [4.69, 9.17) is 29.4 Å². The summed E-state index contributed by atoms with van der Waals surface area (Å²) in [4.78, 5) is 40.5. The number of quaternary nitrogens is 1. The zero-order valence-corrected chi connectivity index (χ0v) is 31.6. The Labute approximate surface area is 332 Å². The maximum absolute atomic E-state index is 14.2. The molecule has 0 radical (unpaired) electrons. The van der Waals surface area contributed by atoms with Crippen LogP contribution in [0.15, 0.2) is 0 Å². The van der Waals surface area contributed by atoms with Gasteiger partial charge >= 0.3 is 5.97 Å². The van der Waals surface area contributed by atoms with Crippen LogP contribution in [0.3, 0.4) is 0 Å². The molecule has 0 amide bonds. The standard InChI is InChI=1S/C38H54N2O18/c39-23-5-3-15(13-40-23)16-6-9-38(56-22-12-21-25(26(44)24(16)22)19(43)11-20(54-21)14-2-4-17(41)18(42)10-14)32(50)29(47)31(49)37(58-38)8-1-7-36(34(51)52)30(48)27(45)28(46)33(57-36)55-35(37)53/h14-18,20-33,40-42,44-50H,2-6,8-13,39H2,(H,51,52). The number of piperidine rings is 1. The van der Waals surface area contributed by atoms with Crippen molar-refractivity contribution in [3.05, 3.63) is 0 Å². The van der Waals surface area contributed by atoms with Gasteiger partial charge in [-0.1, -0.05) is 11.8 Å². The first-order valence-corrected chi connectivity index (χ1v) is 20.3. The van der Waals surface area contributed by atoms with E-state index in [0.717, 1.165) is 0 Å². The van der Waals surface area contributed by atoms with Gasteiger partial charge in [-0.05, 0) is 43.9 Å². The summed E-state index contributed by atoms with van der Waals surface area (Å²) in [5.74, 6) is -4.23. The highest BCUT2D eigenvalue weighted by molar-refractivity contribution is 5.84. The molecule has 20 heteroatoms. The third kappa shape index (κ3) is 6.71. The maximum Gasteiger partial charge on any atom is 0.344 e. The van der Waals surface area contributed by atoms with E-state index >= 15 is 0 Å². The number of hydrogen-bond acceptors (Lipinski definition) is 19. The number of esters is 1. The number of Topliss-reactive ketones (excluding diaryl/α,β-unsaturated/α-hetero) is 1. The molecular weight excluding hydrogens is 772 g/mol. The highest BCUT2D eigenvalue weighted by Gasteiger charge is 2.69. The summed E-state index contributed by atoms with van der Waals surface area (Å²) in [6.07, 6.45) is -20.5. The second-order valence-corrected chi connectivity index (χ2v) is 17.8. The number of aliphatic carboxylic acids is 1. The Kier molecular flexibility index (Phi) is 11.3. The molecule has 2 bridgehead atoms. The maximum atomic E-state index is 14.2. The fourth-order valence-corrected chi connectivity index (χ4v) is 11.2. The smallest absolute Gasteiger partial charge is 0.344 e. The molecule has 22 atom stereocenters. The summed E-state index contributed by atoms with van der Waals surface area (Å²) in [6, 6.07) is 0. The van der Waals surface area contributed by atoms with Crippen molar-refractivity contribution in [1.82, 2.24) is 0 Å². The Hall–Kier alpha value is -2.43. The molecule has 2 aliphatic carbocycles. The minimum absolute atomic E-state index is 0.00508. The minimum atomic E-state index is -3.02. The van der Waals surface area contributed by atoms with Gasteiger partial charge in [0.2, 0.25) is 17.5 Å². The Morgan fingerprint density at radius 2 is 1.53 bits per heavy atom. The molecule has 8 rings (SSSR count). The molecule has 0 aromatic carbocycles. The number of rotatable bonds is 3. The van der Waals surface area contributed by atoms with Crippen molar-refractivity contribution < 1.29 is 94.4 Å². The summed E-state index contributed by atoms with van der Waals surface area (Å²) in [5.41, 5.74) is 0.409. The summed E-state index contributed by atoms with van der Waals surface area (Å²) in [6.45, 7) is 0.559. The van der Waals surface area contributed by atoms with E-state index in [1.165, 1.54) is 0 Å². The first kappa shape index (κ1) is 42.3. The Bertz CT molecular complexity index is 1670. The predicted octanol–water partition coefficient (Wildman–Crippen LogP) is -7.29. The number of fused-ring (bicyclic) bond motifs is 4. The lowest BCUT2D eigenvalue weighted by Gasteiger charge is -2.55. The molecule has 20 nitrogen and oxygen atoms in total. The SMILES string of the molecule is NC1CCC(C2CCC3(OC4CC5OC(C6CCC(O)C(O)C6)CC(=O)C5C(O)C42)OC2(CC#CC4(C(=O)[O-])OC(OC2=O)C(O)C(O)C4O)C(O)C(O)C3O)C[NH2+]1. The molecule has 324 valence electrons. The number of carbonyl (C=O) groups excluding carboxylic acids is 3. The zero-order chi connectivity index (χ0) is 41.6. The van der Waals surface area contributed by atoms with Crippen molar-refractivity contribution in [3.8, 4) is 11.8 Å². The Morgan fingerprint density at radius 3 is 2.22 bits per heavy atom. The third-order valence-corrected chi connectivity index (χ3v) is 14.5. The fraction of sp³-hybridized carbons (Fsp3) is 0.868. The lowest BCUT2D eigenvalue weighted by Crippen LogP contribution is -2.95. The van der Waals surface area contributed by atoms with Crippen LogP contribution in [0.25, 0.3) is 0 Å². The molecule has 13 N–H and O–H groups in total. The van der Waals surface area contributed by atoms with Crippen LogP contribution < -0.4 is 16.2 Å². The normalized spacial score (nSPS) is 54.7. The van der Waals surface area contributed by atoms with Crippen molar-refractivity contribution in [2.45, 2.75) is 167 Å². The van der Waals surface area contributed by atoms with Gasteiger partial charge in [0.05, 0.1) is 61.5 Å². The molecule has 6 heterocycles. The van der Waals surface area contributed by atoms with E-state index in [1.807, 2.05) is 5.32 Å². The van der Waals surface area contributed by atoms with E-state index in [1.54, 1.807) is 0 Å². The first-order chi connectivity index (χ1) is 27.4. The quantitative estimate of drug-likeness (QED) is 0.0930. The van der Waals surface area contributed by atoms with Crippen molar-refractivity contribution in [2.75, 3.05) is 6.54 Å². The minimum Gasteiger partial charge on any atom is -0.546 e. The van der Waals surface area contributed by atoms with Gasteiger partial charge in [-0.15, -0.1) is 0 Å². The largest absolute Gasteiger partial charge is 0.546 e. The number of aliphatic hydroxyl groups is 9. The average Bonchev–Trinajstić information content (AvgIpc) is 3.31. The lowest BCUT2D eigenvalue weighted by atomic mass is 9.62. The van der Waals surface area contributed by atoms with Crippen molar-refractivity contribution >= 4 is 17.7 Å². The van der Waals surface area contributed by atoms with Gasteiger partial charge in [0.15, 0.2) is 5.79 Å². The van der Waals surface area contributed by atoms with Crippen LogP contribution in [0.2, 0.25) is 0 Å². The number of ketones is 1. The van der Waals surface area contributed by atoms with Gasteiger partial charge in [0.25, 0.3) is 0 Å². The second-order valence-electron chi connectivity index (χ2n) is 17.8. The number of nitrogens with two attached hydrogens (primary N) is 2. The molecule has 8 aliphatic rings. The third-order valence-electron chi connectivity index (χ3n) is 14.5. The van der Waals surface area contributed by atoms with Gasteiger partial charge in [-0.3, -0.25) is 10.5 Å². The van der Waals surface area contributed by atoms with E-state index in [0.29, 0.717) is 32.2 Å². The summed E-state index contributed by atoms with van der Waals surface area (Å²) in [5, 5.41) is 114. The van der Waals surface area contributed by atoms with Crippen LogP contribution in [0.1, 0.15) is 64.2 Å². The summed E-state index contributed by atoms with van der Waals surface area (Å²) in [7, 11) is 0. The highest BCUT2D eigenvalue weighted by atomic mass is 16.8. The molecule has 0 aromatic rings. The first-order valence-electron chi connectivity index (χ1n) is 20.3. The van der Waals surface area contributed by atoms with Crippen molar-refractivity contribution in [3.63, 3.8) is 0 Å². The van der Waals surface area contributed by atoms with Gasteiger partial charge < -0.3 is 84.9 Å². The molecular formula is C38H54N2O18. The van der Waals surface area contributed by atoms with E-state index in [9.17, 15) is 65.4 Å². The highest BCUT2D eigenvalue weighted by Crippen LogP contribution is 2.54. The number of hydrogen-bond donors (Lipinski definition) is 11. The average molecular weight is 827 g/mol. The monoisotopic (exact) mass is 826 g/mol. The van der Waals surface area contributed by atoms with Crippen LogP contribution in [0.4, 0.5) is 0 Å². The molecule has 58 heavy (non-hydrogen) atoms. The van der Waals surface area contributed by atoms with Crippen LogP contribution in [-0.4, -0.2) is 173 Å². The number of carboxylic acid groups (broad SMARTS) is 1. The molecule has 0 aromatic heterocycles. The lowest BCUT2D eigenvalue weighted by molar-refractivity contribution is -0.704. The van der Waals surface area contributed by atoms with Crippen molar-refractivity contribution in [1.29, 1.82) is 0 Å². The van der Waals surface area contributed by atoms with Crippen LogP contribution in [0.5, 0.6) is 0 Å². The predicted molar refractivity (Wildman–Crippen MR) is 184 cm³/mol. The van der Waals surface area contributed by atoms with Crippen LogP contribution >= 0.6 is 0 Å². The van der Waals surface area contributed by atoms with E-state index in [2.05, 4.69) is 11.8 Å². The molecule has 7 fully saturated rings. The topological polar surface area (TPSA) is 345 Å². The Morgan fingerprint density at radius 1 is 0.793 bits per heavy atom. The van der Waals surface area contributed by atoms with Gasteiger partial charge in [0, 0.05) is 37.5 Å². The number of ether oxygens (including phenoxy) is 5. The fourth-order valence-electron chi connectivity index (χ4n) is 11.2. The van der Waals surface area contributed by atoms with E-state index in [-0.39, 0.29) is 61.8 Å². The van der Waals surface area contributed by atoms with E-state index < -0.39 is 127 Å². The molecule has 6 aliphatic heterocycles. The molecule has 22 unspecified atom stereocenters. The van der Waals surface area contributed by atoms with Gasteiger partial charge in [-0.25, -0.2) is 4.79 Å². The summed E-state index contributed by atoms with van der Waals surface area (Å²) < 4.78 is 30.3. The van der Waals surface area contributed by atoms with Gasteiger partial charge in [-0.2, -0.15) is 0 Å². The molecule has 5 saturated heterocycles. The number of aliphatic hydroxyl groups excluding tert-OH is 9. The van der Waals surface area contributed by atoms with Crippen LogP contribution in [0, 0.1) is 41.4 Å². The second kappa shape index (κ2) is 15.5. The zero-order valence-electron chi connectivity index (χ0n) is 31.6. The molecule has 2 saturated carbocycles.